The molecule has 6 nitrogen and oxygen atoms in total. The largest absolute Gasteiger partial charge is 0.371 e. The minimum absolute atomic E-state index is 0.000874. The average Bonchev–Trinajstić information content (AvgIpc) is 2.85. The van der Waals surface area contributed by atoms with Gasteiger partial charge in [-0.05, 0) is 67.8 Å². The molecule has 178 valence electrons. The zero-order valence-corrected chi connectivity index (χ0v) is 20.3. The van der Waals surface area contributed by atoms with E-state index in [2.05, 4.69) is 77.2 Å². The number of aryl methyl sites for hydroxylation is 1. The number of primary amides is 1. The lowest BCUT2D eigenvalue weighted by Crippen LogP contribution is -2.43. The number of piperazine rings is 1. The van der Waals surface area contributed by atoms with E-state index in [9.17, 15) is 4.79 Å². The number of aromatic nitrogens is 1. The van der Waals surface area contributed by atoms with Crippen molar-refractivity contribution in [3.8, 4) is 11.1 Å². The molecule has 2 saturated heterocycles. The van der Waals surface area contributed by atoms with E-state index in [1.165, 1.54) is 27.8 Å². The van der Waals surface area contributed by atoms with Crippen LogP contribution in [0.2, 0.25) is 0 Å². The van der Waals surface area contributed by atoms with Gasteiger partial charge in [0.05, 0.1) is 5.52 Å². The van der Waals surface area contributed by atoms with Crippen LogP contribution >= 0.6 is 0 Å². The van der Waals surface area contributed by atoms with Gasteiger partial charge in [0, 0.05) is 68.5 Å². The molecule has 0 radical (unpaired) electrons. The van der Waals surface area contributed by atoms with E-state index in [-0.39, 0.29) is 11.8 Å². The second kappa shape index (κ2) is 9.72. The van der Waals surface area contributed by atoms with Crippen molar-refractivity contribution in [3.63, 3.8) is 0 Å². The van der Waals surface area contributed by atoms with Gasteiger partial charge in [-0.1, -0.05) is 24.3 Å². The third-order valence-corrected chi connectivity index (χ3v) is 7.45. The lowest BCUT2D eigenvalue weighted by atomic mass is 9.95. The lowest BCUT2D eigenvalue weighted by Gasteiger charge is -2.32. The van der Waals surface area contributed by atoms with Crippen molar-refractivity contribution in [3.05, 3.63) is 59.8 Å². The second-order valence-electron chi connectivity index (χ2n) is 9.95. The van der Waals surface area contributed by atoms with Gasteiger partial charge in [-0.25, -0.2) is 0 Å². The Kier molecular flexibility index (Phi) is 6.53. The van der Waals surface area contributed by atoms with Crippen LogP contribution in [0.5, 0.6) is 0 Å². The molecule has 0 bridgehead atoms. The van der Waals surface area contributed by atoms with Crippen LogP contribution in [-0.2, 0) is 11.3 Å². The maximum atomic E-state index is 11.5. The van der Waals surface area contributed by atoms with E-state index >= 15 is 0 Å². The number of amides is 1. The summed E-state index contributed by atoms with van der Waals surface area (Å²) in [7, 11) is 2.20. The van der Waals surface area contributed by atoms with Gasteiger partial charge in [-0.3, -0.25) is 14.7 Å². The highest BCUT2D eigenvalue weighted by Crippen LogP contribution is 2.33. The minimum atomic E-state index is -0.170. The van der Waals surface area contributed by atoms with Gasteiger partial charge in [0.2, 0.25) is 5.91 Å². The molecule has 0 spiro atoms. The van der Waals surface area contributed by atoms with Gasteiger partial charge < -0.3 is 15.5 Å². The number of piperidine rings is 1. The van der Waals surface area contributed by atoms with E-state index < -0.39 is 0 Å². The number of hydrogen-bond donors (Lipinski definition) is 1. The molecule has 34 heavy (non-hydrogen) atoms. The van der Waals surface area contributed by atoms with Crippen LogP contribution in [0.4, 0.5) is 5.69 Å². The number of carbonyl (C=O) groups is 1. The van der Waals surface area contributed by atoms with Gasteiger partial charge in [0.1, 0.15) is 0 Å². The molecule has 0 aliphatic carbocycles. The Morgan fingerprint density at radius 2 is 1.68 bits per heavy atom. The van der Waals surface area contributed by atoms with Crippen molar-refractivity contribution >= 4 is 22.5 Å². The third-order valence-electron chi connectivity index (χ3n) is 7.45. The number of benzene rings is 2. The first-order valence-electron chi connectivity index (χ1n) is 12.4. The monoisotopic (exact) mass is 457 g/mol. The van der Waals surface area contributed by atoms with Gasteiger partial charge in [-0.2, -0.15) is 0 Å². The fourth-order valence-electron chi connectivity index (χ4n) is 5.26. The molecular formula is C28H35N5O. The van der Waals surface area contributed by atoms with Crippen LogP contribution in [0, 0.1) is 12.8 Å². The highest BCUT2D eigenvalue weighted by Gasteiger charge is 2.23. The van der Waals surface area contributed by atoms with Crippen LogP contribution in [0.3, 0.4) is 0 Å². The van der Waals surface area contributed by atoms with Gasteiger partial charge >= 0.3 is 0 Å². The summed E-state index contributed by atoms with van der Waals surface area (Å²) in [4.78, 5) is 23.6. The van der Waals surface area contributed by atoms with E-state index in [4.69, 9.17) is 10.7 Å². The van der Waals surface area contributed by atoms with Gasteiger partial charge in [-0.15, -0.1) is 0 Å². The number of pyridine rings is 1. The average molecular weight is 458 g/mol. The smallest absolute Gasteiger partial charge is 0.220 e. The summed E-state index contributed by atoms with van der Waals surface area (Å²) in [5.41, 5.74) is 12.6. The Morgan fingerprint density at radius 1 is 0.971 bits per heavy atom. The number of likely N-dealkylation sites (N-methyl/N-ethyl adjacent to an activating group) is 1. The quantitative estimate of drug-likeness (QED) is 0.633. The van der Waals surface area contributed by atoms with Crippen molar-refractivity contribution in [1.29, 1.82) is 0 Å². The standard InChI is InChI=1S/C28H35N5O/c1-20-17-25(22-5-3-21(4-6-22)19-32-15-13-31(2)14-16-32)26-18-24(7-8-27(26)30-20)33-11-9-23(10-12-33)28(29)34/h3-8,17-18,23H,9-16,19H2,1-2H3,(H2,29,34). The molecular weight excluding hydrogens is 422 g/mol. The van der Waals surface area contributed by atoms with E-state index in [1.807, 2.05) is 0 Å². The molecule has 2 aliphatic rings. The number of hydrogen-bond acceptors (Lipinski definition) is 5. The summed E-state index contributed by atoms with van der Waals surface area (Å²) in [6, 6.07) is 17.8. The highest BCUT2D eigenvalue weighted by atomic mass is 16.1. The molecule has 2 N–H and O–H groups in total. The minimum Gasteiger partial charge on any atom is -0.371 e. The molecule has 1 amide bonds. The summed E-state index contributed by atoms with van der Waals surface area (Å²) in [6.45, 7) is 9.33. The first-order chi connectivity index (χ1) is 16.5. The highest BCUT2D eigenvalue weighted by molar-refractivity contribution is 5.96. The number of anilines is 1. The molecule has 1 aromatic heterocycles. The van der Waals surface area contributed by atoms with E-state index in [1.54, 1.807) is 0 Å². The Bertz CT molecular complexity index is 1160. The number of nitrogens with zero attached hydrogens (tertiary/aromatic N) is 4. The Labute approximate surface area is 202 Å². The first-order valence-corrected chi connectivity index (χ1v) is 12.4. The zero-order valence-electron chi connectivity index (χ0n) is 20.3. The van der Waals surface area contributed by atoms with Crippen molar-refractivity contribution in [2.45, 2.75) is 26.3 Å². The van der Waals surface area contributed by atoms with Gasteiger partial charge in [0.25, 0.3) is 0 Å². The molecule has 2 aliphatic heterocycles. The lowest BCUT2D eigenvalue weighted by molar-refractivity contribution is -0.122. The molecule has 6 heteroatoms. The molecule has 3 heterocycles. The van der Waals surface area contributed by atoms with Crippen molar-refractivity contribution in [2.24, 2.45) is 11.7 Å². The van der Waals surface area contributed by atoms with Crippen molar-refractivity contribution < 1.29 is 4.79 Å². The van der Waals surface area contributed by atoms with Crippen LogP contribution in [0.25, 0.3) is 22.0 Å². The van der Waals surface area contributed by atoms with E-state index in [0.717, 1.165) is 69.9 Å². The van der Waals surface area contributed by atoms with Crippen molar-refractivity contribution in [1.82, 2.24) is 14.8 Å². The summed E-state index contributed by atoms with van der Waals surface area (Å²) in [5, 5.41) is 1.17. The Balaban J connectivity index is 1.39. The van der Waals surface area contributed by atoms with Gasteiger partial charge in [0.15, 0.2) is 0 Å². The summed E-state index contributed by atoms with van der Waals surface area (Å²) in [5.74, 6) is -0.169. The molecule has 3 aromatic rings. The molecule has 2 fully saturated rings. The zero-order chi connectivity index (χ0) is 23.7. The summed E-state index contributed by atoms with van der Waals surface area (Å²) < 4.78 is 0. The summed E-state index contributed by atoms with van der Waals surface area (Å²) in [6.07, 6.45) is 1.64. The topological polar surface area (TPSA) is 65.7 Å². The SMILES string of the molecule is Cc1cc(-c2ccc(CN3CCN(C)CC3)cc2)c2cc(N3CCC(C(N)=O)CC3)ccc2n1. The summed E-state index contributed by atoms with van der Waals surface area (Å²) >= 11 is 0. The Morgan fingerprint density at radius 3 is 2.35 bits per heavy atom. The second-order valence-corrected chi connectivity index (χ2v) is 9.95. The predicted octanol–water partition coefficient (Wildman–Crippen LogP) is 3.66. The molecule has 0 unspecified atom stereocenters. The first kappa shape index (κ1) is 22.8. The molecule has 5 rings (SSSR count). The molecule has 0 atom stereocenters. The normalized spacial score (nSPS) is 18.5. The maximum Gasteiger partial charge on any atom is 0.220 e. The third kappa shape index (κ3) is 4.93. The molecule has 0 saturated carbocycles. The Hall–Kier alpha value is -2.96. The van der Waals surface area contributed by atoms with Crippen LogP contribution in [0.1, 0.15) is 24.1 Å². The number of nitrogens with two attached hydrogens (primary N) is 1. The molecule has 2 aromatic carbocycles. The maximum absolute atomic E-state index is 11.5. The van der Waals surface area contributed by atoms with Crippen LogP contribution in [0.15, 0.2) is 48.5 Å². The van der Waals surface area contributed by atoms with Crippen LogP contribution < -0.4 is 10.6 Å². The predicted molar refractivity (Wildman–Crippen MR) is 139 cm³/mol. The van der Waals surface area contributed by atoms with Crippen molar-refractivity contribution in [2.75, 3.05) is 51.2 Å². The van der Waals surface area contributed by atoms with E-state index in [0.29, 0.717) is 0 Å². The fraction of sp³-hybridized carbons (Fsp3) is 0.429. The van der Waals surface area contributed by atoms with Crippen LogP contribution in [-0.4, -0.2) is 67.0 Å². The number of rotatable bonds is 5. The fourth-order valence-corrected chi connectivity index (χ4v) is 5.26. The number of fused-ring (bicyclic) bond motifs is 1. The number of carbonyl (C=O) groups excluding carboxylic acids is 1.